The van der Waals surface area contributed by atoms with Crippen LogP contribution in [0.3, 0.4) is 0 Å². The number of nitrogens with zero attached hydrogens (tertiary/aromatic N) is 3. The summed E-state index contributed by atoms with van der Waals surface area (Å²) >= 11 is 0. The normalized spacial score (nSPS) is 10.8. The van der Waals surface area contributed by atoms with Crippen molar-refractivity contribution in [1.82, 2.24) is 15.0 Å². The number of hydrogen-bond acceptors (Lipinski definition) is 5. The van der Waals surface area contributed by atoms with Gasteiger partial charge in [0.1, 0.15) is 5.69 Å². The minimum absolute atomic E-state index is 0.478. The molecule has 5 nitrogen and oxygen atoms in total. The molecule has 17 heavy (non-hydrogen) atoms. The predicted molar refractivity (Wildman–Crippen MR) is 62.0 cm³/mol. The number of hydrogen-bond donors (Lipinski definition) is 0. The van der Waals surface area contributed by atoms with E-state index < -0.39 is 6.29 Å². The van der Waals surface area contributed by atoms with Crippen LogP contribution >= 0.6 is 0 Å². The van der Waals surface area contributed by atoms with Crippen molar-refractivity contribution in [2.24, 2.45) is 0 Å². The molecular weight excluding hydrogens is 218 g/mol. The first-order valence-electron chi connectivity index (χ1n) is 5.14. The molecule has 2 aromatic rings. The van der Waals surface area contributed by atoms with Crippen molar-refractivity contribution in [3.05, 3.63) is 42.5 Å². The Morgan fingerprint density at radius 3 is 2.59 bits per heavy atom. The van der Waals surface area contributed by atoms with E-state index in [0.717, 1.165) is 5.56 Å². The van der Waals surface area contributed by atoms with Crippen molar-refractivity contribution in [3.8, 4) is 11.4 Å². The number of ether oxygens (including phenoxy) is 2. The van der Waals surface area contributed by atoms with Crippen molar-refractivity contribution in [1.29, 1.82) is 0 Å². The lowest BCUT2D eigenvalue weighted by Crippen LogP contribution is -2.07. The molecular formula is C12H13N3O2. The number of rotatable bonds is 4. The Kier molecular flexibility index (Phi) is 3.74. The second kappa shape index (κ2) is 5.47. The highest BCUT2D eigenvalue weighted by Gasteiger charge is 2.12. The van der Waals surface area contributed by atoms with Crippen molar-refractivity contribution in [2.45, 2.75) is 6.29 Å². The zero-order valence-corrected chi connectivity index (χ0v) is 9.70. The first kappa shape index (κ1) is 11.6. The highest BCUT2D eigenvalue weighted by atomic mass is 16.7. The molecule has 2 aromatic heterocycles. The van der Waals surface area contributed by atoms with Crippen molar-refractivity contribution in [2.75, 3.05) is 14.2 Å². The molecule has 0 aliphatic heterocycles. The van der Waals surface area contributed by atoms with Crippen LogP contribution in [0.5, 0.6) is 0 Å². The lowest BCUT2D eigenvalue weighted by atomic mass is 10.2. The Labute approximate surface area is 99.5 Å². The van der Waals surface area contributed by atoms with Gasteiger partial charge in [-0.15, -0.1) is 0 Å². The van der Waals surface area contributed by atoms with Gasteiger partial charge in [0.25, 0.3) is 0 Å². The van der Waals surface area contributed by atoms with Crippen LogP contribution in [0.4, 0.5) is 0 Å². The largest absolute Gasteiger partial charge is 0.350 e. The maximum absolute atomic E-state index is 5.15. The summed E-state index contributed by atoms with van der Waals surface area (Å²) in [5.41, 5.74) is 1.55. The van der Waals surface area contributed by atoms with E-state index in [9.17, 15) is 0 Å². The van der Waals surface area contributed by atoms with Crippen molar-refractivity contribution in [3.63, 3.8) is 0 Å². The molecule has 2 rings (SSSR count). The molecule has 0 atom stereocenters. The fourth-order valence-corrected chi connectivity index (χ4v) is 1.48. The molecule has 0 bridgehead atoms. The zero-order valence-electron chi connectivity index (χ0n) is 9.70. The van der Waals surface area contributed by atoms with Gasteiger partial charge < -0.3 is 9.47 Å². The minimum atomic E-state index is -0.478. The highest BCUT2D eigenvalue weighted by molar-refractivity contribution is 5.52. The van der Waals surface area contributed by atoms with Crippen LogP contribution in [0.25, 0.3) is 11.4 Å². The summed E-state index contributed by atoms with van der Waals surface area (Å²) in [5, 5.41) is 0. The van der Waals surface area contributed by atoms with Gasteiger partial charge in [-0.1, -0.05) is 0 Å². The van der Waals surface area contributed by atoms with Gasteiger partial charge in [0.2, 0.25) is 6.29 Å². The smallest absolute Gasteiger partial charge is 0.200 e. The first-order chi connectivity index (χ1) is 8.35. The van der Waals surface area contributed by atoms with Crippen LogP contribution in [0.2, 0.25) is 0 Å². The third kappa shape index (κ3) is 2.64. The summed E-state index contributed by atoms with van der Waals surface area (Å²) in [7, 11) is 3.14. The quantitative estimate of drug-likeness (QED) is 0.751. The summed E-state index contributed by atoms with van der Waals surface area (Å²) in [5.74, 6) is 0.606. The Morgan fingerprint density at radius 1 is 1.12 bits per heavy atom. The van der Waals surface area contributed by atoms with E-state index in [0.29, 0.717) is 11.5 Å². The van der Waals surface area contributed by atoms with Gasteiger partial charge in [-0.2, -0.15) is 0 Å². The van der Waals surface area contributed by atoms with Gasteiger partial charge in [0.15, 0.2) is 5.82 Å². The molecule has 0 spiro atoms. The van der Waals surface area contributed by atoms with Crippen LogP contribution < -0.4 is 0 Å². The summed E-state index contributed by atoms with van der Waals surface area (Å²) in [6.45, 7) is 0. The van der Waals surface area contributed by atoms with E-state index in [-0.39, 0.29) is 0 Å². The minimum Gasteiger partial charge on any atom is -0.350 e. The zero-order chi connectivity index (χ0) is 12.1. The second-order valence-electron chi connectivity index (χ2n) is 3.35. The van der Waals surface area contributed by atoms with E-state index in [2.05, 4.69) is 15.0 Å². The van der Waals surface area contributed by atoms with Gasteiger partial charge in [-0.05, 0) is 18.2 Å². The molecule has 0 aliphatic carbocycles. The molecule has 0 aliphatic rings. The molecule has 0 radical (unpaired) electrons. The Morgan fingerprint density at radius 2 is 1.94 bits per heavy atom. The summed E-state index contributed by atoms with van der Waals surface area (Å²) < 4.78 is 10.3. The van der Waals surface area contributed by atoms with Gasteiger partial charge >= 0.3 is 0 Å². The topological polar surface area (TPSA) is 57.1 Å². The molecule has 0 saturated carbocycles. The molecule has 0 saturated heterocycles. The van der Waals surface area contributed by atoms with Gasteiger partial charge in [0.05, 0.1) is 0 Å². The predicted octanol–water partition coefficient (Wildman–Crippen LogP) is 1.83. The van der Waals surface area contributed by atoms with Gasteiger partial charge in [-0.25, -0.2) is 9.97 Å². The lowest BCUT2D eigenvalue weighted by molar-refractivity contribution is -0.108. The molecule has 88 valence electrons. The lowest BCUT2D eigenvalue weighted by Gasteiger charge is -2.12. The van der Waals surface area contributed by atoms with Gasteiger partial charge in [-0.3, -0.25) is 4.98 Å². The summed E-state index contributed by atoms with van der Waals surface area (Å²) in [6.07, 6.45) is 4.62. The monoisotopic (exact) mass is 231 g/mol. The molecule has 0 fully saturated rings. The van der Waals surface area contributed by atoms with E-state index in [4.69, 9.17) is 9.47 Å². The highest BCUT2D eigenvalue weighted by Crippen LogP contribution is 2.18. The molecule has 0 N–H and O–H groups in total. The van der Waals surface area contributed by atoms with Crippen LogP contribution in [0, 0.1) is 0 Å². The van der Waals surface area contributed by atoms with E-state index in [1.165, 1.54) is 0 Å². The molecule has 0 aromatic carbocycles. The average molecular weight is 231 g/mol. The Hall–Kier alpha value is -1.85. The molecule has 0 unspecified atom stereocenters. The Bertz CT molecular complexity index is 472. The average Bonchev–Trinajstić information content (AvgIpc) is 2.42. The van der Waals surface area contributed by atoms with Crippen molar-refractivity contribution < 1.29 is 9.47 Å². The summed E-state index contributed by atoms with van der Waals surface area (Å²) in [4.78, 5) is 12.6. The van der Waals surface area contributed by atoms with Gasteiger partial charge in [0, 0.05) is 38.4 Å². The van der Waals surface area contributed by atoms with E-state index in [1.807, 2.05) is 12.1 Å². The Balaban J connectivity index is 2.35. The van der Waals surface area contributed by atoms with Crippen LogP contribution in [-0.2, 0) is 9.47 Å². The third-order valence-corrected chi connectivity index (χ3v) is 2.27. The molecule has 2 heterocycles. The SMILES string of the molecule is COC(OC)c1ccnc(-c2cccnc2)n1. The first-order valence-corrected chi connectivity index (χ1v) is 5.14. The van der Waals surface area contributed by atoms with Crippen LogP contribution in [0.1, 0.15) is 12.0 Å². The summed E-state index contributed by atoms with van der Waals surface area (Å²) in [6, 6.07) is 5.51. The molecule has 5 heteroatoms. The second-order valence-corrected chi connectivity index (χ2v) is 3.35. The van der Waals surface area contributed by atoms with Crippen LogP contribution in [-0.4, -0.2) is 29.2 Å². The van der Waals surface area contributed by atoms with E-state index >= 15 is 0 Å². The number of pyridine rings is 1. The standard InChI is InChI=1S/C12H13N3O2/c1-16-12(17-2)10-5-7-14-11(15-10)9-4-3-6-13-8-9/h3-8,12H,1-2H3. The fraction of sp³-hybridized carbons (Fsp3) is 0.250. The van der Waals surface area contributed by atoms with Crippen LogP contribution in [0.15, 0.2) is 36.8 Å². The molecule has 0 amide bonds. The maximum Gasteiger partial charge on any atom is 0.200 e. The van der Waals surface area contributed by atoms with E-state index in [1.54, 1.807) is 38.9 Å². The maximum atomic E-state index is 5.15. The third-order valence-electron chi connectivity index (χ3n) is 2.27. The fourth-order valence-electron chi connectivity index (χ4n) is 1.48. The number of aromatic nitrogens is 3. The number of methoxy groups -OCH3 is 2. The van der Waals surface area contributed by atoms with Crippen molar-refractivity contribution >= 4 is 0 Å².